The Morgan fingerprint density at radius 3 is 2.83 bits per heavy atom. The summed E-state index contributed by atoms with van der Waals surface area (Å²) in [6.07, 6.45) is 3.56. The molecule has 0 fully saturated rings. The van der Waals surface area contributed by atoms with Crippen molar-refractivity contribution < 1.29 is 4.79 Å². The first-order chi connectivity index (χ1) is 5.77. The number of carbonyl (C=O) groups is 1. The van der Waals surface area contributed by atoms with Crippen LogP contribution in [0.25, 0.3) is 0 Å². The van der Waals surface area contributed by atoms with Crippen molar-refractivity contribution in [3.05, 3.63) is 23.9 Å². The van der Waals surface area contributed by atoms with Crippen molar-refractivity contribution in [1.82, 2.24) is 4.98 Å². The van der Waals surface area contributed by atoms with Crippen LogP contribution in [0.5, 0.6) is 0 Å². The van der Waals surface area contributed by atoms with Crippen molar-refractivity contribution in [1.29, 1.82) is 0 Å². The van der Waals surface area contributed by atoms with Crippen LogP contribution in [0.4, 0.5) is 0 Å². The van der Waals surface area contributed by atoms with Gasteiger partial charge in [0.2, 0.25) is 0 Å². The number of alkyl halides is 1. The van der Waals surface area contributed by atoms with Gasteiger partial charge in [-0.3, -0.25) is 4.79 Å². The van der Waals surface area contributed by atoms with Gasteiger partial charge in [0.25, 0.3) is 0 Å². The minimum atomic E-state index is 0.0650. The molecule has 0 N–H and O–H groups in total. The van der Waals surface area contributed by atoms with E-state index in [0.29, 0.717) is 10.9 Å². The van der Waals surface area contributed by atoms with Crippen molar-refractivity contribution >= 4 is 33.5 Å². The molecular weight excluding hydrogens is 238 g/mol. The summed E-state index contributed by atoms with van der Waals surface area (Å²) in [7, 11) is 0. The minimum absolute atomic E-state index is 0.0650. The second-order valence-electron chi connectivity index (χ2n) is 2.15. The zero-order valence-corrected chi connectivity index (χ0v) is 8.98. The number of hydrogen-bond donors (Lipinski definition) is 0. The summed E-state index contributed by atoms with van der Waals surface area (Å²) < 4.78 is 0. The smallest absolute Gasteiger partial charge is 0.174 e. The van der Waals surface area contributed by atoms with Crippen LogP contribution in [0.1, 0.15) is 10.4 Å². The van der Waals surface area contributed by atoms with Crippen LogP contribution < -0.4 is 0 Å². The molecular formula is C8H8BrNOS. The van der Waals surface area contributed by atoms with Crippen molar-refractivity contribution in [2.24, 2.45) is 0 Å². The third kappa shape index (κ3) is 2.32. The van der Waals surface area contributed by atoms with E-state index in [1.54, 1.807) is 24.0 Å². The lowest BCUT2D eigenvalue weighted by atomic mass is 10.2. The highest BCUT2D eigenvalue weighted by molar-refractivity contribution is 9.09. The molecule has 12 heavy (non-hydrogen) atoms. The molecule has 1 aromatic rings. The molecule has 4 heteroatoms. The van der Waals surface area contributed by atoms with Gasteiger partial charge < -0.3 is 0 Å². The van der Waals surface area contributed by atoms with Crippen molar-refractivity contribution in [3.8, 4) is 0 Å². The van der Waals surface area contributed by atoms with Gasteiger partial charge in [0.1, 0.15) is 0 Å². The monoisotopic (exact) mass is 245 g/mol. The van der Waals surface area contributed by atoms with Gasteiger partial charge in [0, 0.05) is 11.8 Å². The van der Waals surface area contributed by atoms with Crippen LogP contribution in [0.2, 0.25) is 0 Å². The Morgan fingerprint density at radius 2 is 2.42 bits per heavy atom. The first-order valence-corrected chi connectivity index (χ1v) is 5.71. The highest BCUT2D eigenvalue weighted by Crippen LogP contribution is 2.11. The van der Waals surface area contributed by atoms with Crippen LogP contribution in [0.15, 0.2) is 23.4 Å². The van der Waals surface area contributed by atoms with E-state index in [-0.39, 0.29) is 5.78 Å². The number of rotatable bonds is 3. The molecule has 0 radical (unpaired) electrons. The van der Waals surface area contributed by atoms with E-state index >= 15 is 0 Å². The van der Waals surface area contributed by atoms with E-state index in [1.807, 2.05) is 12.3 Å². The number of pyridine rings is 1. The molecule has 0 spiro atoms. The van der Waals surface area contributed by atoms with Gasteiger partial charge >= 0.3 is 0 Å². The highest BCUT2D eigenvalue weighted by atomic mass is 79.9. The molecule has 0 saturated heterocycles. The van der Waals surface area contributed by atoms with E-state index in [4.69, 9.17) is 0 Å². The van der Waals surface area contributed by atoms with Gasteiger partial charge in [-0.2, -0.15) is 0 Å². The summed E-state index contributed by atoms with van der Waals surface area (Å²) in [4.78, 5) is 15.2. The van der Waals surface area contributed by atoms with Gasteiger partial charge in [-0.05, 0) is 18.4 Å². The molecule has 0 amide bonds. The van der Waals surface area contributed by atoms with Crippen LogP contribution >= 0.6 is 27.7 Å². The molecule has 0 aliphatic rings. The minimum Gasteiger partial charge on any atom is -0.293 e. The lowest BCUT2D eigenvalue weighted by Gasteiger charge is -1.97. The number of aromatic nitrogens is 1. The number of thioether (sulfide) groups is 1. The largest absolute Gasteiger partial charge is 0.293 e. The summed E-state index contributed by atoms with van der Waals surface area (Å²) >= 11 is 4.67. The number of halogens is 1. The topological polar surface area (TPSA) is 30.0 Å². The normalized spacial score (nSPS) is 9.83. The summed E-state index contributed by atoms with van der Waals surface area (Å²) in [6, 6.07) is 3.64. The number of nitrogens with zero attached hydrogens (tertiary/aromatic N) is 1. The maximum absolute atomic E-state index is 11.1. The predicted octanol–water partition coefficient (Wildman–Crippen LogP) is 2.38. The fraction of sp³-hybridized carbons (Fsp3) is 0.250. The second kappa shape index (κ2) is 4.62. The lowest BCUT2D eigenvalue weighted by molar-refractivity contribution is 0.102. The molecule has 1 rings (SSSR count). The Hall–Kier alpha value is -0.350. The van der Waals surface area contributed by atoms with Gasteiger partial charge in [0.15, 0.2) is 5.78 Å². The second-order valence-corrected chi connectivity index (χ2v) is 3.53. The van der Waals surface area contributed by atoms with E-state index in [2.05, 4.69) is 20.9 Å². The van der Waals surface area contributed by atoms with Crippen LogP contribution in [-0.4, -0.2) is 22.4 Å². The molecule has 0 saturated carbocycles. The van der Waals surface area contributed by atoms with Gasteiger partial charge in [0.05, 0.1) is 10.4 Å². The fourth-order valence-corrected chi connectivity index (χ4v) is 1.43. The van der Waals surface area contributed by atoms with E-state index in [0.717, 1.165) is 5.03 Å². The first-order valence-electron chi connectivity index (χ1n) is 3.37. The third-order valence-corrected chi connectivity index (χ3v) is 2.56. The van der Waals surface area contributed by atoms with Crippen molar-refractivity contribution in [2.45, 2.75) is 5.03 Å². The molecule has 0 aromatic carbocycles. The number of ketones is 1. The summed E-state index contributed by atoms with van der Waals surface area (Å²) in [5.41, 5.74) is 0.657. The SMILES string of the molecule is CSc1ccc(C(=O)CBr)cn1. The van der Waals surface area contributed by atoms with E-state index in [9.17, 15) is 4.79 Å². The van der Waals surface area contributed by atoms with E-state index < -0.39 is 0 Å². The first kappa shape index (κ1) is 9.74. The molecule has 0 aliphatic carbocycles. The fourth-order valence-electron chi connectivity index (χ4n) is 0.743. The average Bonchev–Trinajstić information content (AvgIpc) is 2.17. The Kier molecular flexibility index (Phi) is 3.75. The molecule has 0 unspecified atom stereocenters. The Balaban J connectivity index is 2.84. The van der Waals surface area contributed by atoms with Gasteiger partial charge in [-0.25, -0.2) is 4.98 Å². The van der Waals surface area contributed by atoms with Gasteiger partial charge in [-0.1, -0.05) is 15.9 Å². The Labute approximate surface area is 83.9 Å². The summed E-state index contributed by atoms with van der Waals surface area (Å²) in [5, 5.41) is 1.29. The predicted molar refractivity (Wildman–Crippen MR) is 54.1 cm³/mol. The molecule has 0 atom stereocenters. The Bertz CT molecular complexity index is 273. The molecule has 0 bridgehead atoms. The zero-order valence-electron chi connectivity index (χ0n) is 6.58. The van der Waals surface area contributed by atoms with Crippen LogP contribution in [0.3, 0.4) is 0 Å². The molecule has 64 valence electrons. The van der Waals surface area contributed by atoms with Gasteiger partial charge in [-0.15, -0.1) is 11.8 Å². The standard InChI is InChI=1S/C8H8BrNOS/c1-12-8-3-2-6(5-10-8)7(11)4-9/h2-3,5H,4H2,1H3. The average molecular weight is 246 g/mol. The molecule has 1 heterocycles. The Morgan fingerprint density at radius 1 is 1.67 bits per heavy atom. The van der Waals surface area contributed by atoms with Crippen LogP contribution in [0, 0.1) is 0 Å². The number of carbonyl (C=O) groups excluding carboxylic acids is 1. The summed E-state index contributed by atoms with van der Waals surface area (Å²) in [5.74, 6) is 0.0650. The number of hydrogen-bond acceptors (Lipinski definition) is 3. The van der Waals surface area contributed by atoms with Crippen LogP contribution in [-0.2, 0) is 0 Å². The molecule has 0 aliphatic heterocycles. The zero-order chi connectivity index (χ0) is 8.97. The van der Waals surface area contributed by atoms with Crippen molar-refractivity contribution in [3.63, 3.8) is 0 Å². The number of Topliss-reactive ketones (excluding diaryl/α,β-unsaturated/α-hetero) is 1. The summed E-state index contributed by atoms with van der Waals surface area (Å²) in [6.45, 7) is 0. The third-order valence-electron chi connectivity index (χ3n) is 1.39. The highest BCUT2D eigenvalue weighted by Gasteiger charge is 2.02. The quantitative estimate of drug-likeness (QED) is 0.466. The van der Waals surface area contributed by atoms with Crippen molar-refractivity contribution in [2.75, 3.05) is 11.6 Å². The van der Waals surface area contributed by atoms with E-state index in [1.165, 1.54) is 0 Å². The lowest BCUT2D eigenvalue weighted by Crippen LogP contribution is -2.00. The maximum atomic E-state index is 11.1. The molecule has 2 nitrogen and oxygen atoms in total. The molecule has 1 aromatic heterocycles. The maximum Gasteiger partial charge on any atom is 0.174 e.